The SMILES string of the molecule is CCNS(=O)(=NC#N)NC. The number of nitrogens with one attached hydrogen (secondary N) is 2. The van der Waals surface area contributed by atoms with Gasteiger partial charge in [0.2, 0.25) is 6.19 Å². The van der Waals surface area contributed by atoms with E-state index in [1.54, 1.807) is 6.92 Å². The average Bonchev–Trinajstić information content (AvgIpc) is 1.89. The van der Waals surface area contributed by atoms with Crippen LogP contribution in [0.3, 0.4) is 0 Å². The summed E-state index contributed by atoms with van der Waals surface area (Å²) in [5, 5.41) is 8.08. The molecular weight excluding hydrogens is 152 g/mol. The molecule has 1 unspecified atom stereocenters. The van der Waals surface area contributed by atoms with Crippen molar-refractivity contribution in [3.63, 3.8) is 0 Å². The first kappa shape index (κ1) is 9.36. The van der Waals surface area contributed by atoms with Crippen molar-refractivity contribution in [2.75, 3.05) is 13.6 Å². The Morgan fingerprint density at radius 2 is 2.40 bits per heavy atom. The fourth-order valence-corrected chi connectivity index (χ4v) is 1.21. The Morgan fingerprint density at radius 3 is 2.70 bits per heavy atom. The number of nitriles is 1. The van der Waals surface area contributed by atoms with Gasteiger partial charge in [-0.05, 0) is 7.05 Å². The molecule has 0 radical (unpaired) electrons. The van der Waals surface area contributed by atoms with Gasteiger partial charge in [0, 0.05) is 6.54 Å². The van der Waals surface area contributed by atoms with Crippen molar-refractivity contribution in [3.05, 3.63) is 0 Å². The van der Waals surface area contributed by atoms with Crippen LogP contribution in [0.5, 0.6) is 0 Å². The van der Waals surface area contributed by atoms with Crippen molar-refractivity contribution in [1.82, 2.24) is 9.44 Å². The van der Waals surface area contributed by atoms with Gasteiger partial charge >= 0.3 is 0 Å². The van der Waals surface area contributed by atoms with E-state index in [9.17, 15) is 4.21 Å². The molecule has 2 N–H and O–H groups in total. The highest BCUT2D eigenvalue weighted by atomic mass is 32.2. The maximum absolute atomic E-state index is 11.1. The molecule has 0 amide bonds. The maximum atomic E-state index is 11.1. The predicted octanol–water partition coefficient (Wildman–Crippen LogP) is -0.406. The van der Waals surface area contributed by atoms with Gasteiger partial charge in [0.25, 0.3) is 0 Å². The van der Waals surface area contributed by atoms with Crippen LogP contribution in [-0.2, 0) is 10.1 Å². The van der Waals surface area contributed by atoms with Crippen LogP contribution in [0.15, 0.2) is 4.36 Å². The molecular formula is C4H10N4OS. The van der Waals surface area contributed by atoms with Gasteiger partial charge in [0.15, 0.2) is 10.1 Å². The van der Waals surface area contributed by atoms with Crippen LogP contribution in [0.25, 0.3) is 0 Å². The van der Waals surface area contributed by atoms with Crippen molar-refractivity contribution >= 4 is 10.1 Å². The summed E-state index contributed by atoms with van der Waals surface area (Å²) in [6.07, 6.45) is 1.47. The van der Waals surface area contributed by atoms with Crippen molar-refractivity contribution in [2.45, 2.75) is 6.92 Å². The third-order valence-corrected chi connectivity index (χ3v) is 2.36. The molecule has 6 heteroatoms. The Morgan fingerprint density at radius 1 is 1.80 bits per heavy atom. The van der Waals surface area contributed by atoms with E-state index in [0.717, 1.165) is 0 Å². The Labute approximate surface area is 60.9 Å². The second-order valence-corrected chi connectivity index (χ2v) is 3.35. The van der Waals surface area contributed by atoms with E-state index < -0.39 is 10.1 Å². The summed E-state index contributed by atoms with van der Waals surface area (Å²) >= 11 is 0. The zero-order valence-corrected chi connectivity index (χ0v) is 6.73. The van der Waals surface area contributed by atoms with E-state index >= 15 is 0 Å². The van der Waals surface area contributed by atoms with E-state index in [1.807, 2.05) is 0 Å². The molecule has 0 spiro atoms. The summed E-state index contributed by atoms with van der Waals surface area (Å²) in [5.41, 5.74) is 0. The molecule has 0 bridgehead atoms. The molecule has 58 valence electrons. The minimum atomic E-state index is -2.66. The standard InChI is InChI=1S/C4H10N4OS/c1-3-7-10(9,6-2)8-4-5/h3H2,1-2H3,(H2,6,7,8,9). The smallest absolute Gasteiger partial charge is 0.216 e. The van der Waals surface area contributed by atoms with Crippen LogP contribution >= 0.6 is 0 Å². The first-order valence-electron chi connectivity index (χ1n) is 2.77. The number of rotatable bonds is 3. The molecule has 0 aromatic carbocycles. The molecule has 0 aliphatic heterocycles. The summed E-state index contributed by atoms with van der Waals surface area (Å²) in [7, 11) is -1.19. The molecule has 1 atom stereocenters. The highest BCUT2D eigenvalue weighted by molar-refractivity contribution is 7.89. The second kappa shape index (κ2) is 4.22. The lowest BCUT2D eigenvalue weighted by Gasteiger charge is -2.04. The molecule has 0 saturated carbocycles. The van der Waals surface area contributed by atoms with Crippen LogP contribution in [0.4, 0.5) is 0 Å². The van der Waals surface area contributed by atoms with Gasteiger partial charge in [0.05, 0.1) is 0 Å². The second-order valence-electron chi connectivity index (χ2n) is 1.42. The fraction of sp³-hybridized carbons (Fsp3) is 0.750. The Balaban J connectivity index is 4.44. The van der Waals surface area contributed by atoms with Crippen molar-refractivity contribution in [2.24, 2.45) is 4.36 Å². The van der Waals surface area contributed by atoms with Gasteiger partial charge in [-0.2, -0.15) is 5.26 Å². The average molecular weight is 162 g/mol. The molecule has 0 aliphatic carbocycles. The third kappa shape index (κ3) is 2.77. The molecule has 0 rings (SSSR count). The first-order chi connectivity index (χ1) is 4.68. The molecule has 0 heterocycles. The highest BCUT2D eigenvalue weighted by Gasteiger charge is 1.99. The Kier molecular flexibility index (Phi) is 3.95. The Bertz CT molecular complexity index is 234. The van der Waals surface area contributed by atoms with Crippen molar-refractivity contribution in [3.8, 4) is 6.19 Å². The van der Waals surface area contributed by atoms with Crippen LogP contribution in [0, 0.1) is 11.5 Å². The number of hydrogen-bond donors (Lipinski definition) is 2. The molecule has 0 aromatic rings. The summed E-state index contributed by atoms with van der Waals surface area (Å²) in [6, 6.07) is 0. The molecule has 0 aliphatic rings. The minimum Gasteiger partial charge on any atom is -0.221 e. The zero-order chi connectivity index (χ0) is 8.04. The number of nitrogens with zero attached hydrogens (tertiary/aromatic N) is 2. The molecule has 0 aromatic heterocycles. The van der Waals surface area contributed by atoms with E-state index in [0.29, 0.717) is 6.54 Å². The minimum absolute atomic E-state index is 0.505. The van der Waals surface area contributed by atoms with Crippen LogP contribution in [0.1, 0.15) is 6.92 Å². The zero-order valence-electron chi connectivity index (χ0n) is 5.92. The fourth-order valence-electron chi connectivity index (χ4n) is 0.403. The summed E-state index contributed by atoms with van der Waals surface area (Å²) in [6.45, 7) is 2.29. The monoisotopic (exact) mass is 162 g/mol. The van der Waals surface area contributed by atoms with Gasteiger partial charge in [-0.1, -0.05) is 11.3 Å². The van der Waals surface area contributed by atoms with E-state index in [4.69, 9.17) is 5.26 Å². The van der Waals surface area contributed by atoms with E-state index in [2.05, 4.69) is 13.8 Å². The molecule has 5 nitrogen and oxygen atoms in total. The third-order valence-electron chi connectivity index (χ3n) is 0.786. The normalized spacial score (nSPS) is 15.3. The lowest BCUT2D eigenvalue weighted by Crippen LogP contribution is -2.33. The van der Waals surface area contributed by atoms with Crippen LogP contribution in [-0.4, -0.2) is 17.8 Å². The molecule has 0 saturated heterocycles. The van der Waals surface area contributed by atoms with Gasteiger partial charge in [-0.3, -0.25) is 0 Å². The van der Waals surface area contributed by atoms with Crippen molar-refractivity contribution in [1.29, 1.82) is 5.26 Å². The van der Waals surface area contributed by atoms with Crippen molar-refractivity contribution < 1.29 is 4.21 Å². The summed E-state index contributed by atoms with van der Waals surface area (Å²) in [4.78, 5) is 0. The molecule has 0 fully saturated rings. The van der Waals surface area contributed by atoms with Gasteiger partial charge in [-0.15, -0.1) is 0 Å². The topological polar surface area (TPSA) is 77.3 Å². The predicted molar refractivity (Wildman–Crippen MR) is 38.9 cm³/mol. The largest absolute Gasteiger partial charge is 0.221 e. The quantitative estimate of drug-likeness (QED) is 0.554. The van der Waals surface area contributed by atoms with Gasteiger partial charge in [-0.25, -0.2) is 13.7 Å². The maximum Gasteiger partial charge on any atom is 0.216 e. The van der Waals surface area contributed by atoms with Gasteiger partial charge < -0.3 is 0 Å². The van der Waals surface area contributed by atoms with E-state index in [-0.39, 0.29) is 0 Å². The lowest BCUT2D eigenvalue weighted by molar-refractivity contribution is 0.660. The van der Waals surface area contributed by atoms with Crippen LogP contribution in [0.2, 0.25) is 0 Å². The summed E-state index contributed by atoms with van der Waals surface area (Å²) < 4.78 is 19.3. The van der Waals surface area contributed by atoms with E-state index in [1.165, 1.54) is 13.2 Å². The first-order valence-corrected chi connectivity index (χ1v) is 4.28. The van der Waals surface area contributed by atoms with Crippen LogP contribution < -0.4 is 9.44 Å². The summed E-state index contributed by atoms with van der Waals surface area (Å²) in [5.74, 6) is 0. The number of hydrogen-bond acceptors (Lipinski definition) is 3. The lowest BCUT2D eigenvalue weighted by atomic mass is 10.8. The molecule has 10 heavy (non-hydrogen) atoms. The Hall–Kier alpha value is -0.640. The highest BCUT2D eigenvalue weighted by Crippen LogP contribution is 1.80. The van der Waals surface area contributed by atoms with Gasteiger partial charge in [0.1, 0.15) is 0 Å².